The second kappa shape index (κ2) is 7.50. The second-order valence-electron chi connectivity index (χ2n) is 8.08. The lowest BCUT2D eigenvalue weighted by atomic mass is 9.66. The van der Waals surface area contributed by atoms with Gasteiger partial charge in [-0.1, -0.05) is 29.8 Å². The van der Waals surface area contributed by atoms with Gasteiger partial charge < -0.3 is 14.9 Å². The van der Waals surface area contributed by atoms with Crippen molar-refractivity contribution in [2.24, 2.45) is 0 Å². The Labute approximate surface area is 184 Å². The van der Waals surface area contributed by atoms with E-state index in [-0.39, 0.29) is 22.2 Å². The van der Waals surface area contributed by atoms with Crippen molar-refractivity contribution in [2.75, 3.05) is 0 Å². The van der Waals surface area contributed by atoms with E-state index < -0.39 is 23.0 Å². The number of aryl methyl sites for hydroxylation is 1. The van der Waals surface area contributed by atoms with Gasteiger partial charge in [0.1, 0.15) is 5.75 Å². The van der Waals surface area contributed by atoms with Crippen LogP contribution in [0.15, 0.2) is 59.3 Å². The molecule has 2 aromatic rings. The Morgan fingerprint density at radius 1 is 1.16 bits per heavy atom. The van der Waals surface area contributed by atoms with Crippen LogP contribution in [0.3, 0.4) is 0 Å². The Balaban J connectivity index is 1.99. The molecule has 2 N–H and O–H groups in total. The summed E-state index contributed by atoms with van der Waals surface area (Å²) in [5, 5.41) is 28.1. The van der Waals surface area contributed by atoms with Gasteiger partial charge in [-0.15, -0.1) is 0 Å². The number of carbonyl (C=O) groups is 2. The maximum atomic E-state index is 12.9. The van der Waals surface area contributed by atoms with Gasteiger partial charge in [0.15, 0.2) is 0 Å². The summed E-state index contributed by atoms with van der Waals surface area (Å²) >= 11 is 6.29. The lowest BCUT2D eigenvalue weighted by Gasteiger charge is -2.44. The number of para-hydroxylation sites is 1. The van der Waals surface area contributed by atoms with Crippen LogP contribution < -0.4 is 4.74 Å². The number of aromatic nitrogens is 2. The molecular formula is C23H21ClN2O5. The molecule has 1 aromatic carbocycles. The summed E-state index contributed by atoms with van der Waals surface area (Å²) in [6.07, 6.45) is 5.91. The highest BCUT2D eigenvalue weighted by molar-refractivity contribution is 6.35. The summed E-state index contributed by atoms with van der Waals surface area (Å²) in [4.78, 5) is 24.7. The van der Waals surface area contributed by atoms with E-state index in [0.29, 0.717) is 5.75 Å². The molecule has 1 saturated carbocycles. The summed E-state index contributed by atoms with van der Waals surface area (Å²) in [5.41, 5.74) is -1.94. The number of carboxylic acids is 2. The number of carboxylic acid groups (broad SMARTS) is 2. The number of hydrogen-bond acceptors (Lipinski definition) is 5. The summed E-state index contributed by atoms with van der Waals surface area (Å²) in [7, 11) is 0. The molecule has 1 fully saturated rings. The minimum absolute atomic E-state index is 0.0895. The molecular weight excluding hydrogens is 420 g/mol. The molecule has 0 saturated heterocycles. The summed E-state index contributed by atoms with van der Waals surface area (Å²) in [6, 6.07) is 8.91. The molecule has 160 valence electrons. The molecule has 0 bridgehead atoms. The van der Waals surface area contributed by atoms with Gasteiger partial charge in [-0.25, -0.2) is 9.59 Å². The molecule has 0 aliphatic heterocycles. The fraction of sp³-hybridized carbons (Fsp3) is 0.304. The highest BCUT2D eigenvalue weighted by Crippen LogP contribution is 2.50. The predicted molar refractivity (Wildman–Crippen MR) is 113 cm³/mol. The average Bonchev–Trinajstić information content (AvgIpc) is 3.56. The number of nitrogens with zero attached hydrogens (tertiary/aromatic N) is 2. The molecule has 0 spiro atoms. The first-order chi connectivity index (χ1) is 14.7. The van der Waals surface area contributed by atoms with E-state index in [0.717, 1.165) is 30.0 Å². The second-order valence-corrected chi connectivity index (χ2v) is 8.48. The SMILES string of the molecule is Cc1cccc(C2CC2)c1OC1(C(=O)O)C=C(C(=O)O)C(Cl)=CC1(C)c1cccnn1. The van der Waals surface area contributed by atoms with Gasteiger partial charge in [0.2, 0.25) is 5.60 Å². The fourth-order valence-electron chi connectivity index (χ4n) is 4.02. The Morgan fingerprint density at radius 3 is 2.48 bits per heavy atom. The quantitative estimate of drug-likeness (QED) is 0.699. The number of benzene rings is 1. The van der Waals surface area contributed by atoms with Crippen LogP contribution in [-0.4, -0.2) is 38.0 Å². The van der Waals surface area contributed by atoms with Crippen LogP contribution in [0.25, 0.3) is 0 Å². The first-order valence-corrected chi connectivity index (χ1v) is 10.2. The van der Waals surface area contributed by atoms with Gasteiger partial charge in [-0.05, 0) is 68.0 Å². The highest BCUT2D eigenvalue weighted by atomic mass is 35.5. The number of aliphatic carboxylic acids is 2. The monoisotopic (exact) mass is 440 g/mol. The molecule has 0 radical (unpaired) electrons. The van der Waals surface area contributed by atoms with Crippen LogP contribution in [0, 0.1) is 6.92 Å². The van der Waals surface area contributed by atoms with Crippen LogP contribution >= 0.6 is 11.6 Å². The Morgan fingerprint density at radius 2 is 1.90 bits per heavy atom. The molecule has 2 aliphatic rings. The molecule has 2 aliphatic carbocycles. The van der Waals surface area contributed by atoms with E-state index >= 15 is 0 Å². The summed E-state index contributed by atoms with van der Waals surface area (Å²) < 4.78 is 6.36. The van der Waals surface area contributed by atoms with E-state index in [1.54, 1.807) is 19.1 Å². The van der Waals surface area contributed by atoms with Crippen molar-refractivity contribution < 1.29 is 24.5 Å². The van der Waals surface area contributed by atoms with Crippen LogP contribution in [0.2, 0.25) is 0 Å². The minimum Gasteiger partial charge on any atom is -0.478 e. The Hall–Kier alpha value is -3.19. The highest BCUT2D eigenvalue weighted by Gasteiger charge is 2.59. The van der Waals surface area contributed by atoms with E-state index in [9.17, 15) is 19.8 Å². The topological polar surface area (TPSA) is 110 Å². The van der Waals surface area contributed by atoms with Crippen molar-refractivity contribution in [1.82, 2.24) is 10.2 Å². The van der Waals surface area contributed by atoms with Gasteiger partial charge in [-0.3, -0.25) is 0 Å². The van der Waals surface area contributed by atoms with Crippen molar-refractivity contribution in [3.63, 3.8) is 0 Å². The maximum Gasteiger partial charge on any atom is 0.353 e. The third-order valence-corrected chi connectivity index (χ3v) is 6.28. The van der Waals surface area contributed by atoms with Gasteiger partial charge in [-0.2, -0.15) is 10.2 Å². The maximum absolute atomic E-state index is 12.9. The zero-order valence-electron chi connectivity index (χ0n) is 17.0. The van der Waals surface area contributed by atoms with Gasteiger partial charge in [0.05, 0.1) is 21.7 Å². The lowest BCUT2D eigenvalue weighted by Crippen LogP contribution is -2.59. The largest absolute Gasteiger partial charge is 0.478 e. The van der Waals surface area contributed by atoms with Gasteiger partial charge in [0, 0.05) is 6.20 Å². The van der Waals surface area contributed by atoms with E-state index in [2.05, 4.69) is 10.2 Å². The first-order valence-electron chi connectivity index (χ1n) is 9.84. The Bertz CT molecular complexity index is 1130. The number of ether oxygens (including phenoxy) is 1. The minimum atomic E-state index is -2.12. The fourth-order valence-corrected chi connectivity index (χ4v) is 4.38. The van der Waals surface area contributed by atoms with Crippen LogP contribution in [0.4, 0.5) is 0 Å². The molecule has 0 amide bonds. The Kier molecular flexibility index (Phi) is 5.09. The van der Waals surface area contributed by atoms with Crippen molar-refractivity contribution in [3.05, 3.63) is 76.1 Å². The molecule has 2 unspecified atom stereocenters. The zero-order valence-corrected chi connectivity index (χ0v) is 17.8. The number of rotatable bonds is 6. The first kappa shape index (κ1) is 21.1. The lowest BCUT2D eigenvalue weighted by molar-refractivity contribution is -0.155. The number of hydrogen-bond donors (Lipinski definition) is 2. The van der Waals surface area contributed by atoms with Gasteiger partial charge >= 0.3 is 11.9 Å². The third kappa shape index (κ3) is 3.39. The van der Waals surface area contributed by atoms with Crippen molar-refractivity contribution in [1.29, 1.82) is 0 Å². The smallest absolute Gasteiger partial charge is 0.353 e. The normalized spacial score (nSPS) is 25.4. The molecule has 1 heterocycles. The molecule has 31 heavy (non-hydrogen) atoms. The summed E-state index contributed by atoms with van der Waals surface area (Å²) in [5.74, 6) is -1.97. The molecule has 1 aromatic heterocycles. The van der Waals surface area contributed by atoms with E-state index in [1.165, 1.54) is 12.3 Å². The van der Waals surface area contributed by atoms with Crippen molar-refractivity contribution in [2.45, 2.75) is 43.6 Å². The molecule has 2 atom stereocenters. The summed E-state index contributed by atoms with van der Waals surface area (Å²) in [6.45, 7) is 3.45. The van der Waals surface area contributed by atoms with Crippen LogP contribution in [0.5, 0.6) is 5.75 Å². The van der Waals surface area contributed by atoms with Crippen LogP contribution in [-0.2, 0) is 15.0 Å². The van der Waals surface area contributed by atoms with E-state index in [4.69, 9.17) is 16.3 Å². The van der Waals surface area contributed by atoms with Crippen molar-refractivity contribution >= 4 is 23.5 Å². The third-order valence-electron chi connectivity index (χ3n) is 5.97. The van der Waals surface area contributed by atoms with Crippen LogP contribution in [0.1, 0.15) is 42.5 Å². The zero-order chi connectivity index (χ0) is 22.4. The standard InChI is InChI=1S/C23H21ClN2O5/c1-13-5-3-6-15(14-8-9-14)19(13)31-23(21(29)30)11-16(20(27)28)17(24)12-22(23,2)18-7-4-10-25-26-18/h3-7,10-12,14H,8-9H2,1-2H3,(H,27,28)(H,29,30). The molecule has 7 nitrogen and oxygen atoms in total. The number of halogens is 1. The predicted octanol–water partition coefficient (Wildman–Crippen LogP) is 3.97. The average molecular weight is 441 g/mol. The van der Waals surface area contributed by atoms with Gasteiger partial charge in [0.25, 0.3) is 0 Å². The molecule has 4 rings (SSSR count). The van der Waals surface area contributed by atoms with Crippen molar-refractivity contribution in [3.8, 4) is 5.75 Å². The molecule has 8 heteroatoms. The van der Waals surface area contributed by atoms with E-state index in [1.807, 2.05) is 25.1 Å².